The monoisotopic (exact) mass is 241 g/mol. The lowest BCUT2D eigenvalue weighted by Gasteiger charge is -2.06. The van der Waals surface area contributed by atoms with E-state index in [2.05, 4.69) is 25.0 Å². The summed E-state index contributed by atoms with van der Waals surface area (Å²) in [6.07, 6.45) is 3.83. The van der Waals surface area contributed by atoms with E-state index in [4.69, 9.17) is 10.00 Å². The molecule has 1 heterocycles. The number of hydrogen-bond acceptors (Lipinski definition) is 3. The SMILES string of the molecule is COc1ccc(-n2cc(C(C)C)cn2)cc1C#N. The Morgan fingerprint density at radius 2 is 2.17 bits per heavy atom. The molecular weight excluding hydrogens is 226 g/mol. The maximum absolute atomic E-state index is 9.05. The Kier molecular flexibility index (Phi) is 3.33. The van der Waals surface area contributed by atoms with Gasteiger partial charge in [0.1, 0.15) is 11.8 Å². The second kappa shape index (κ2) is 4.92. The van der Waals surface area contributed by atoms with Gasteiger partial charge in [-0.05, 0) is 29.7 Å². The van der Waals surface area contributed by atoms with Crippen molar-refractivity contribution in [2.24, 2.45) is 0 Å². The summed E-state index contributed by atoms with van der Waals surface area (Å²) in [7, 11) is 1.56. The molecule has 18 heavy (non-hydrogen) atoms. The molecule has 0 unspecified atom stereocenters. The van der Waals surface area contributed by atoms with Crippen LogP contribution in [0.15, 0.2) is 30.6 Å². The molecule has 1 aromatic carbocycles. The molecular formula is C14H15N3O. The van der Waals surface area contributed by atoms with Crippen LogP contribution in [-0.2, 0) is 0 Å². The molecule has 0 amide bonds. The van der Waals surface area contributed by atoms with E-state index in [0.29, 0.717) is 17.2 Å². The fourth-order valence-corrected chi connectivity index (χ4v) is 1.70. The van der Waals surface area contributed by atoms with Crippen molar-refractivity contribution in [3.8, 4) is 17.5 Å². The Morgan fingerprint density at radius 1 is 1.39 bits per heavy atom. The summed E-state index contributed by atoms with van der Waals surface area (Å²) in [4.78, 5) is 0. The van der Waals surface area contributed by atoms with Gasteiger partial charge in [-0.25, -0.2) is 4.68 Å². The van der Waals surface area contributed by atoms with Crippen molar-refractivity contribution >= 4 is 0 Å². The van der Waals surface area contributed by atoms with Crippen molar-refractivity contribution in [3.63, 3.8) is 0 Å². The lowest BCUT2D eigenvalue weighted by atomic mass is 10.1. The highest BCUT2D eigenvalue weighted by Gasteiger charge is 2.07. The van der Waals surface area contributed by atoms with Crippen LogP contribution < -0.4 is 4.74 Å². The van der Waals surface area contributed by atoms with Gasteiger partial charge in [0.25, 0.3) is 0 Å². The number of benzene rings is 1. The summed E-state index contributed by atoms with van der Waals surface area (Å²) < 4.78 is 6.89. The molecule has 2 aromatic rings. The van der Waals surface area contributed by atoms with Gasteiger partial charge in [-0.2, -0.15) is 10.4 Å². The Balaban J connectivity index is 2.42. The predicted molar refractivity (Wildman–Crippen MR) is 68.9 cm³/mol. The van der Waals surface area contributed by atoms with Crippen molar-refractivity contribution in [3.05, 3.63) is 41.7 Å². The third-order valence-corrected chi connectivity index (χ3v) is 2.84. The van der Waals surface area contributed by atoms with Gasteiger partial charge in [0.05, 0.1) is 24.6 Å². The highest BCUT2D eigenvalue weighted by atomic mass is 16.5. The summed E-state index contributed by atoms with van der Waals surface area (Å²) in [6.45, 7) is 4.24. The Hall–Kier alpha value is -2.28. The Morgan fingerprint density at radius 3 is 2.72 bits per heavy atom. The van der Waals surface area contributed by atoms with Crippen LogP contribution in [0.4, 0.5) is 0 Å². The molecule has 0 bridgehead atoms. The second-order valence-corrected chi connectivity index (χ2v) is 4.37. The first kappa shape index (κ1) is 12.2. The van der Waals surface area contributed by atoms with Crippen LogP contribution in [0.25, 0.3) is 5.69 Å². The van der Waals surface area contributed by atoms with E-state index in [1.165, 1.54) is 5.56 Å². The Labute approximate surface area is 106 Å². The first-order valence-corrected chi connectivity index (χ1v) is 5.78. The minimum absolute atomic E-state index is 0.437. The molecule has 1 aromatic heterocycles. The van der Waals surface area contributed by atoms with E-state index in [0.717, 1.165) is 5.69 Å². The number of hydrogen-bond donors (Lipinski definition) is 0. The number of aromatic nitrogens is 2. The quantitative estimate of drug-likeness (QED) is 0.830. The zero-order chi connectivity index (χ0) is 13.1. The van der Waals surface area contributed by atoms with E-state index in [-0.39, 0.29) is 0 Å². The smallest absolute Gasteiger partial charge is 0.136 e. The standard InChI is InChI=1S/C14H15N3O/c1-10(2)12-8-16-17(9-12)13-4-5-14(18-3)11(6-13)7-15/h4-6,8-10H,1-3H3. The molecule has 0 fully saturated rings. The number of nitrogens with zero attached hydrogens (tertiary/aromatic N) is 3. The van der Waals surface area contributed by atoms with E-state index >= 15 is 0 Å². The fraction of sp³-hybridized carbons (Fsp3) is 0.286. The average molecular weight is 241 g/mol. The Bertz CT molecular complexity index is 593. The van der Waals surface area contributed by atoms with Crippen LogP contribution >= 0.6 is 0 Å². The number of nitriles is 1. The number of ether oxygens (including phenoxy) is 1. The van der Waals surface area contributed by atoms with Crippen LogP contribution in [-0.4, -0.2) is 16.9 Å². The van der Waals surface area contributed by atoms with E-state index in [1.807, 2.05) is 18.5 Å². The molecule has 0 atom stereocenters. The van der Waals surface area contributed by atoms with Crippen molar-refractivity contribution in [1.29, 1.82) is 5.26 Å². The average Bonchev–Trinajstić information content (AvgIpc) is 2.87. The van der Waals surface area contributed by atoms with Gasteiger partial charge in [-0.1, -0.05) is 13.8 Å². The summed E-state index contributed by atoms with van der Waals surface area (Å²) in [6, 6.07) is 7.56. The zero-order valence-electron chi connectivity index (χ0n) is 10.7. The van der Waals surface area contributed by atoms with E-state index in [9.17, 15) is 0 Å². The summed E-state index contributed by atoms with van der Waals surface area (Å²) in [5.74, 6) is 1.02. The summed E-state index contributed by atoms with van der Waals surface area (Å²) in [5, 5.41) is 13.4. The molecule has 0 aliphatic carbocycles. The van der Waals surface area contributed by atoms with Crippen molar-refractivity contribution in [1.82, 2.24) is 9.78 Å². The molecule has 0 radical (unpaired) electrons. The van der Waals surface area contributed by atoms with Gasteiger partial charge in [-0.15, -0.1) is 0 Å². The third kappa shape index (κ3) is 2.21. The summed E-state index contributed by atoms with van der Waals surface area (Å²) >= 11 is 0. The number of methoxy groups -OCH3 is 1. The molecule has 4 nitrogen and oxygen atoms in total. The third-order valence-electron chi connectivity index (χ3n) is 2.84. The van der Waals surface area contributed by atoms with Gasteiger partial charge < -0.3 is 4.74 Å². The minimum Gasteiger partial charge on any atom is -0.495 e. The van der Waals surface area contributed by atoms with Crippen LogP contribution in [0, 0.1) is 11.3 Å². The van der Waals surface area contributed by atoms with Gasteiger partial charge >= 0.3 is 0 Å². The normalized spacial score (nSPS) is 10.4. The first-order valence-electron chi connectivity index (χ1n) is 5.78. The molecule has 0 N–H and O–H groups in total. The van der Waals surface area contributed by atoms with Crippen LogP contribution in [0.5, 0.6) is 5.75 Å². The highest BCUT2D eigenvalue weighted by Crippen LogP contribution is 2.22. The zero-order valence-corrected chi connectivity index (χ0v) is 10.7. The molecule has 2 rings (SSSR count). The van der Waals surface area contributed by atoms with Gasteiger partial charge in [0, 0.05) is 6.20 Å². The molecule has 0 aliphatic heterocycles. The molecule has 4 heteroatoms. The van der Waals surface area contributed by atoms with Gasteiger partial charge in [-0.3, -0.25) is 0 Å². The van der Waals surface area contributed by atoms with Crippen LogP contribution in [0.1, 0.15) is 30.9 Å². The molecule has 0 aliphatic rings. The number of rotatable bonds is 3. The largest absolute Gasteiger partial charge is 0.495 e. The van der Waals surface area contributed by atoms with Crippen LogP contribution in [0.2, 0.25) is 0 Å². The molecule has 92 valence electrons. The van der Waals surface area contributed by atoms with E-state index < -0.39 is 0 Å². The second-order valence-electron chi connectivity index (χ2n) is 4.37. The maximum atomic E-state index is 9.05. The molecule has 0 saturated carbocycles. The fourth-order valence-electron chi connectivity index (χ4n) is 1.70. The van der Waals surface area contributed by atoms with E-state index in [1.54, 1.807) is 23.9 Å². The summed E-state index contributed by atoms with van der Waals surface area (Å²) in [5.41, 5.74) is 2.54. The molecule has 0 spiro atoms. The van der Waals surface area contributed by atoms with Crippen molar-refractivity contribution < 1.29 is 4.74 Å². The van der Waals surface area contributed by atoms with Crippen molar-refractivity contribution in [2.75, 3.05) is 7.11 Å². The first-order chi connectivity index (χ1) is 8.65. The lowest BCUT2D eigenvalue weighted by Crippen LogP contribution is -1.96. The highest BCUT2D eigenvalue weighted by molar-refractivity contribution is 5.50. The molecule has 0 saturated heterocycles. The van der Waals surface area contributed by atoms with Gasteiger partial charge in [0.15, 0.2) is 0 Å². The van der Waals surface area contributed by atoms with Gasteiger partial charge in [0.2, 0.25) is 0 Å². The van der Waals surface area contributed by atoms with Crippen LogP contribution in [0.3, 0.4) is 0 Å². The topological polar surface area (TPSA) is 50.8 Å². The van der Waals surface area contributed by atoms with Crippen molar-refractivity contribution in [2.45, 2.75) is 19.8 Å². The maximum Gasteiger partial charge on any atom is 0.136 e. The predicted octanol–water partition coefficient (Wildman–Crippen LogP) is 2.88. The minimum atomic E-state index is 0.437. The lowest BCUT2D eigenvalue weighted by molar-refractivity contribution is 0.413.